The molecule has 1 atom stereocenters. The van der Waals surface area contributed by atoms with Gasteiger partial charge in [-0.05, 0) is 75.4 Å². The van der Waals surface area contributed by atoms with Crippen LogP contribution >= 0.6 is 0 Å². The molecular formula is C25H30N2O3. The number of rotatable bonds is 6. The van der Waals surface area contributed by atoms with E-state index in [-0.39, 0.29) is 11.8 Å². The van der Waals surface area contributed by atoms with Gasteiger partial charge in [0.05, 0.1) is 6.61 Å². The normalized spacial score (nSPS) is 18.7. The Kier molecular flexibility index (Phi) is 6.07. The molecule has 1 aliphatic heterocycles. The number of ether oxygens (including phenoxy) is 1. The third-order valence-corrected chi connectivity index (χ3v) is 5.93. The Morgan fingerprint density at radius 2 is 1.83 bits per heavy atom. The van der Waals surface area contributed by atoms with Gasteiger partial charge in [0.1, 0.15) is 5.75 Å². The van der Waals surface area contributed by atoms with Crippen LogP contribution in [0.1, 0.15) is 57.5 Å². The molecule has 4 rings (SSSR count). The molecular weight excluding hydrogens is 376 g/mol. The zero-order valence-corrected chi connectivity index (χ0v) is 17.8. The molecule has 158 valence electrons. The third-order valence-electron chi connectivity index (χ3n) is 5.93. The van der Waals surface area contributed by atoms with E-state index in [1.807, 2.05) is 55.1 Å². The van der Waals surface area contributed by atoms with E-state index in [2.05, 4.69) is 11.4 Å². The van der Waals surface area contributed by atoms with Crippen LogP contribution in [0.15, 0.2) is 42.5 Å². The second-order valence-electron chi connectivity index (χ2n) is 8.66. The number of likely N-dealkylation sites (tertiary alicyclic amines) is 1. The van der Waals surface area contributed by atoms with Crippen molar-refractivity contribution in [2.45, 2.75) is 45.6 Å². The summed E-state index contributed by atoms with van der Waals surface area (Å²) in [6.07, 6.45) is 4.21. The van der Waals surface area contributed by atoms with E-state index in [0.29, 0.717) is 30.7 Å². The molecule has 0 spiro atoms. The minimum Gasteiger partial charge on any atom is -0.493 e. The number of carbonyl (C=O) groups is 2. The number of benzene rings is 2. The molecule has 0 unspecified atom stereocenters. The van der Waals surface area contributed by atoms with E-state index in [1.165, 1.54) is 5.56 Å². The number of carbonyl (C=O) groups excluding carboxylic acids is 2. The Morgan fingerprint density at radius 1 is 1.07 bits per heavy atom. The molecule has 1 N–H and O–H groups in total. The summed E-state index contributed by atoms with van der Waals surface area (Å²) in [5.74, 6) is 1.17. The zero-order chi connectivity index (χ0) is 21.1. The van der Waals surface area contributed by atoms with Gasteiger partial charge in [0, 0.05) is 36.2 Å². The van der Waals surface area contributed by atoms with Crippen molar-refractivity contribution >= 4 is 11.8 Å². The average Bonchev–Trinajstić information content (AvgIpc) is 3.56. The first kappa shape index (κ1) is 20.5. The molecule has 0 radical (unpaired) electrons. The van der Waals surface area contributed by atoms with Crippen molar-refractivity contribution in [3.8, 4) is 5.75 Å². The Balaban J connectivity index is 1.30. The number of amides is 2. The lowest BCUT2D eigenvalue weighted by atomic mass is 9.97. The molecule has 0 aromatic heterocycles. The van der Waals surface area contributed by atoms with Crippen LogP contribution in [-0.2, 0) is 0 Å². The fraction of sp³-hybridized carbons (Fsp3) is 0.440. The summed E-state index contributed by atoms with van der Waals surface area (Å²) in [5.41, 5.74) is 3.66. The van der Waals surface area contributed by atoms with Gasteiger partial charge in [0.15, 0.2) is 0 Å². The molecule has 1 heterocycles. The van der Waals surface area contributed by atoms with Gasteiger partial charge >= 0.3 is 0 Å². The number of hydrogen-bond acceptors (Lipinski definition) is 3. The molecule has 2 aliphatic rings. The fourth-order valence-corrected chi connectivity index (χ4v) is 4.02. The number of hydrogen-bond donors (Lipinski definition) is 1. The summed E-state index contributed by atoms with van der Waals surface area (Å²) in [5, 5.41) is 2.99. The van der Waals surface area contributed by atoms with Crippen LogP contribution in [0.3, 0.4) is 0 Å². The molecule has 1 saturated heterocycles. The predicted octanol–water partition coefficient (Wildman–Crippen LogP) is 4.13. The molecule has 30 heavy (non-hydrogen) atoms. The van der Waals surface area contributed by atoms with Crippen LogP contribution in [0.25, 0.3) is 0 Å². The van der Waals surface area contributed by atoms with Gasteiger partial charge < -0.3 is 15.0 Å². The maximum Gasteiger partial charge on any atom is 0.254 e. The van der Waals surface area contributed by atoms with Gasteiger partial charge in [-0.1, -0.05) is 17.7 Å². The number of nitrogens with zero attached hydrogens (tertiary/aromatic N) is 1. The Bertz CT molecular complexity index is 918. The van der Waals surface area contributed by atoms with Crippen LogP contribution in [0.2, 0.25) is 0 Å². The van der Waals surface area contributed by atoms with Gasteiger partial charge in [-0.15, -0.1) is 0 Å². The Hall–Kier alpha value is -2.82. The summed E-state index contributed by atoms with van der Waals surface area (Å²) in [4.78, 5) is 27.0. The molecule has 2 aromatic rings. The summed E-state index contributed by atoms with van der Waals surface area (Å²) in [6, 6.07) is 13.7. The van der Waals surface area contributed by atoms with Crippen LogP contribution in [-0.4, -0.2) is 42.5 Å². The third kappa shape index (κ3) is 5.02. The highest BCUT2D eigenvalue weighted by molar-refractivity contribution is 5.96. The summed E-state index contributed by atoms with van der Waals surface area (Å²) in [6.45, 7) is 6.13. The number of piperidine rings is 1. The van der Waals surface area contributed by atoms with Gasteiger partial charge in [0.2, 0.25) is 0 Å². The van der Waals surface area contributed by atoms with Crippen molar-refractivity contribution in [1.82, 2.24) is 10.2 Å². The molecule has 2 aromatic carbocycles. The topological polar surface area (TPSA) is 58.6 Å². The van der Waals surface area contributed by atoms with E-state index >= 15 is 0 Å². The maximum atomic E-state index is 13.0. The van der Waals surface area contributed by atoms with E-state index < -0.39 is 0 Å². The first-order valence-electron chi connectivity index (χ1n) is 10.9. The summed E-state index contributed by atoms with van der Waals surface area (Å²) >= 11 is 0. The van der Waals surface area contributed by atoms with E-state index in [4.69, 9.17) is 4.74 Å². The molecule has 2 amide bonds. The van der Waals surface area contributed by atoms with Crippen molar-refractivity contribution in [3.63, 3.8) is 0 Å². The van der Waals surface area contributed by atoms with E-state index in [9.17, 15) is 9.59 Å². The quantitative estimate of drug-likeness (QED) is 0.785. The second kappa shape index (κ2) is 8.90. The molecule has 5 heteroatoms. The minimum absolute atomic E-state index is 0.0168. The van der Waals surface area contributed by atoms with Crippen LogP contribution < -0.4 is 10.1 Å². The van der Waals surface area contributed by atoms with Crippen molar-refractivity contribution in [1.29, 1.82) is 0 Å². The zero-order valence-electron chi connectivity index (χ0n) is 17.8. The summed E-state index contributed by atoms with van der Waals surface area (Å²) in [7, 11) is 0. The standard InChI is InChI=1S/C25H30N2O3/c1-17-5-12-23(18(2)14-17)25(29)27-13-3-4-19(15-27)16-30-22-10-6-20(7-11-22)24(28)26-21-8-9-21/h5-7,10-12,14,19,21H,3-4,8-9,13,15-16H2,1-2H3,(H,26,28)/t19-/m0/s1. The van der Waals surface area contributed by atoms with Crippen molar-refractivity contribution in [3.05, 3.63) is 64.7 Å². The number of aryl methyl sites for hydroxylation is 2. The maximum absolute atomic E-state index is 13.0. The fourth-order valence-electron chi connectivity index (χ4n) is 4.02. The van der Waals surface area contributed by atoms with Gasteiger partial charge in [-0.2, -0.15) is 0 Å². The van der Waals surface area contributed by atoms with Crippen LogP contribution in [0.5, 0.6) is 5.75 Å². The first-order valence-corrected chi connectivity index (χ1v) is 10.9. The van der Waals surface area contributed by atoms with Gasteiger partial charge in [-0.3, -0.25) is 9.59 Å². The SMILES string of the molecule is Cc1ccc(C(=O)N2CCC[C@H](COc3ccc(C(=O)NC4CC4)cc3)C2)c(C)c1. The van der Waals surface area contributed by atoms with Gasteiger partial charge in [-0.25, -0.2) is 0 Å². The highest BCUT2D eigenvalue weighted by atomic mass is 16.5. The Labute approximate surface area is 178 Å². The number of nitrogens with one attached hydrogen (secondary N) is 1. The lowest BCUT2D eigenvalue weighted by Gasteiger charge is -2.33. The monoisotopic (exact) mass is 406 g/mol. The molecule has 1 saturated carbocycles. The van der Waals surface area contributed by atoms with Crippen LogP contribution in [0, 0.1) is 19.8 Å². The lowest BCUT2D eigenvalue weighted by molar-refractivity contribution is 0.0632. The first-order chi connectivity index (χ1) is 14.5. The van der Waals surface area contributed by atoms with Crippen molar-refractivity contribution < 1.29 is 14.3 Å². The molecule has 2 fully saturated rings. The predicted molar refractivity (Wildman–Crippen MR) is 117 cm³/mol. The molecule has 5 nitrogen and oxygen atoms in total. The smallest absolute Gasteiger partial charge is 0.254 e. The summed E-state index contributed by atoms with van der Waals surface area (Å²) < 4.78 is 5.98. The Morgan fingerprint density at radius 3 is 2.53 bits per heavy atom. The molecule has 1 aliphatic carbocycles. The highest BCUT2D eigenvalue weighted by Gasteiger charge is 2.26. The minimum atomic E-state index is -0.0168. The van der Waals surface area contributed by atoms with E-state index in [1.54, 1.807) is 0 Å². The second-order valence-corrected chi connectivity index (χ2v) is 8.66. The van der Waals surface area contributed by atoms with Crippen molar-refractivity contribution in [2.24, 2.45) is 5.92 Å². The van der Waals surface area contributed by atoms with Gasteiger partial charge in [0.25, 0.3) is 11.8 Å². The lowest BCUT2D eigenvalue weighted by Crippen LogP contribution is -2.41. The average molecular weight is 407 g/mol. The van der Waals surface area contributed by atoms with Crippen molar-refractivity contribution in [2.75, 3.05) is 19.7 Å². The molecule has 0 bridgehead atoms. The highest BCUT2D eigenvalue weighted by Crippen LogP contribution is 2.23. The largest absolute Gasteiger partial charge is 0.493 e. The van der Waals surface area contributed by atoms with E-state index in [0.717, 1.165) is 49.1 Å². The van der Waals surface area contributed by atoms with Crippen LogP contribution in [0.4, 0.5) is 0 Å².